The van der Waals surface area contributed by atoms with Crippen molar-refractivity contribution in [1.82, 2.24) is 29.7 Å². The molecule has 0 fully saturated rings. The third-order valence-electron chi connectivity index (χ3n) is 3.60. The number of fused-ring (bicyclic) bond motifs is 1. The number of carbonyl (C=O) groups is 1. The summed E-state index contributed by atoms with van der Waals surface area (Å²) in [5.74, 6) is 0.0401. The summed E-state index contributed by atoms with van der Waals surface area (Å²) in [6.07, 6.45) is 6.15. The van der Waals surface area contributed by atoms with Gasteiger partial charge in [0.1, 0.15) is 11.2 Å². The monoisotopic (exact) mass is 364 g/mol. The molecule has 0 atom stereocenters. The molecule has 0 aliphatic carbocycles. The van der Waals surface area contributed by atoms with Gasteiger partial charge in [0.05, 0.1) is 12.2 Å². The van der Waals surface area contributed by atoms with E-state index in [2.05, 4.69) is 25.3 Å². The van der Waals surface area contributed by atoms with Crippen LogP contribution in [0.4, 0.5) is 0 Å². The summed E-state index contributed by atoms with van der Waals surface area (Å²) >= 11 is 1.39. The Balaban J connectivity index is 1.50. The number of carbonyl (C=O) groups excluding carboxylic acids is 1. The van der Waals surface area contributed by atoms with E-state index in [0.717, 1.165) is 0 Å². The maximum absolute atomic E-state index is 12.4. The number of hydrogen-bond acceptors (Lipinski definition) is 7. The molecule has 0 aromatic carbocycles. The minimum atomic E-state index is -0.494. The molecule has 0 saturated carbocycles. The molecule has 8 nitrogen and oxygen atoms in total. The third-order valence-corrected chi connectivity index (χ3v) is 4.48. The summed E-state index contributed by atoms with van der Waals surface area (Å²) < 4.78 is 1.34. The van der Waals surface area contributed by atoms with Crippen molar-refractivity contribution in [3.63, 3.8) is 0 Å². The van der Waals surface area contributed by atoms with Crippen LogP contribution in [0.1, 0.15) is 16.1 Å². The van der Waals surface area contributed by atoms with Crippen molar-refractivity contribution in [3.8, 4) is 10.8 Å². The predicted octanol–water partition coefficient (Wildman–Crippen LogP) is 1.54. The zero-order valence-corrected chi connectivity index (χ0v) is 14.2. The highest BCUT2D eigenvalue weighted by atomic mass is 32.1. The Hall–Kier alpha value is -3.46. The molecule has 128 valence electrons. The number of nitrogens with one attached hydrogen (secondary N) is 1. The van der Waals surface area contributed by atoms with E-state index in [1.165, 1.54) is 21.9 Å². The summed E-state index contributed by atoms with van der Waals surface area (Å²) in [6.45, 7) is 0.194. The number of pyridine rings is 1. The van der Waals surface area contributed by atoms with E-state index >= 15 is 0 Å². The SMILES string of the molecule is O=C(NCc1csc(-c2ncccn2)n1)c1cnc2ccccn2c1=O. The second kappa shape index (κ2) is 6.81. The lowest BCUT2D eigenvalue weighted by Gasteiger charge is -2.04. The van der Waals surface area contributed by atoms with Gasteiger partial charge in [-0.05, 0) is 18.2 Å². The van der Waals surface area contributed by atoms with Gasteiger partial charge >= 0.3 is 0 Å². The van der Waals surface area contributed by atoms with E-state index in [4.69, 9.17) is 0 Å². The average molecular weight is 364 g/mol. The molecule has 0 bridgehead atoms. The fourth-order valence-corrected chi connectivity index (χ4v) is 3.11. The average Bonchev–Trinajstić information content (AvgIpc) is 3.16. The second-order valence-corrected chi connectivity index (χ2v) is 6.16. The van der Waals surface area contributed by atoms with Crippen LogP contribution in [0.5, 0.6) is 0 Å². The summed E-state index contributed by atoms with van der Waals surface area (Å²) in [5, 5.41) is 5.18. The first-order chi connectivity index (χ1) is 12.7. The normalized spacial score (nSPS) is 10.8. The lowest BCUT2D eigenvalue weighted by Crippen LogP contribution is -2.31. The fraction of sp³-hybridized carbons (Fsp3) is 0.0588. The lowest BCUT2D eigenvalue weighted by molar-refractivity contribution is 0.0948. The first-order valence-electron chi connectivity index (χ1n) is 7.69. The van der Waals surface area contributed by atoms with Gasteiger partial charge in [-0.1, -0.05) is 6.07 Å². The maximum atomic E-state index is 12.4. The summed E-state index contributed by atoms with van der Waals surface area (Å²) in [5.41, 5.74) is 0.723. The van der Waals surface area contributed by atoms with Gasteiger partial charge in [-0.3, -0.25) is 14.0 Å². The minimum absolute atomic E-state index is 0.0180. The molecular formula is C17H12N6O2S. The molecule has 0 radical (unpaired) electrons. The molecular weight excluding hydrogens is 352 g/mol. The van der Waals surface area contributed by atoms with Gasteiger partial charge in [-0.15, -0.1) is 11.3 Å². The van der Waals surface area contributed by atoms with E-state index < -0.39 is 11.5 Å². The molecule has 0 saturated heterocycles. The van der Waals surface area contributed by atoms with Gasteiger partial charge < -0.3 is 5.32 Å². The molecule has 0 aliphatic heterocycles. The van der Waals surface area contributed by atoms with Crippen LogP contribution in [-0.4, -0.2) is 30.2 Å². The van der Waals surface area contributed by atoms with Gasteiger partial charge in [0.15, 0.2) is 10.8 Å². The summed E-state index contributed by atoms with van der Waals surface area (Å²) in [7, 11) is 0. The Morgan fingerprint density at radius 2 is 2.00 bits per heavy atom. The van der Waals surface area contributed by atoms with Crippen LogP contribution >= 0.6 is 11.3 Å². The van der Waals surface area contributed by atoms with Gasteiger partial charge in [0.2, 0.25) is 0 Å². The molecule has 4 aromatic heterocycles. The van der Waals surface area contributed by atoms with Crippen LogP contribution < -0.4 is 10.9 Å². The van der Waals surface area contributed by atoms with Crippen LogP contribution in [0, 0.1) is 0 Å². The third kappa shape index (κ3) is 3.07. The molecule has 1 N–H and O–H groups in total. The number of amides is 1. The van der Waals surface area contributed by atoms with Crippen molar-refractivity contribution in [2.75, 3.05) is 0 Å². The van der Waals surface area contributed by atoms with Crippen molar-refractivity contribution < 1.29 is 4.79 Å². The van der Waals surface area contributed by atoms with E-state index in [1.54, 1.807) is 42.9 Å². The molecule has 1 amide bonds. The number of rotatable bonds is 4. The molecule has 0 unspecified atom stereocenters. The Morgan fingerprint density at radius 1 is 1.15 bits per heavy atom. The quantitative estimate of drug-likeness (QED) is 0.589. The first kappa shape index (κ1) is 16.0. The van der Waals surface area contributed by atoms with Crippen LogP contribution in [0.2, 0.25) is 0 Å². The Morgan fingerprint density at radius 3 is 2.85 bits per heavy atom. The predicted molar refractivity (Wildman–Crippen MR) is 95.8 cm³/mol. The Kier molecular flexibility index (Phi) is 4.20. The van der Waals surface area contributed by atoms with E-state index in [1.807, 2.05) is 5.38 Å². The molecule has 4 aromatic rings. The minimum Gasteiger partial charge on any atom is -0.346 e. The van der Waals surface area contributed by atoms with E-state index in [9.17, 15) is 9.59 Å². The number of nitrogens with zero attached hydrogens (tertiary/aromatic N) is 5. The van der Waals surface area contributed by atoms with Crippen LogP contribution in [0.3, 0.4) is 0 Å². The van der Waals surface area contributed by atoms with E-state index in [0.29, 0.717) is 22.2 Å². The van der Waals surface area contributed by atoms with Gasteiger partial charge in [-0.2, -0.15) is 0 Å². The van der Waals surface area contributed by atoms with Crippen LogP contribution in [-0.2, 0) is 6.54 Å². The molecule has 9 heteroatoms. The Labute approximate surface area is 151 Å². The van der Waals surface area contributed by atoms with Crippen LogP contribution in [0.25, 0.3) is 16.5 Å². The summed E-state index contributed by atoms with van der Waals surface area (Å²) in [6, 6.07) is 6.91. The van der Waals surface area contributed by atoms with Gasteiger partial charge in [0, 0.05) is 30.2 Å². The van der Waals surface area contributed by atoms with Crippen molar-refractivity contribution in [1.29, 1.82) is 0 Å². The largest absolute Gasteiger partial charge is 0.346 e. The summed E-state index contributed by atoms with van der Waals surface area (Å²) in [4.78, 5) is 41.6. The van der Waals surface area contributed by atoms with Crippen molar-refractivity contribution in [3.05, 3.63) is 76.0 Å². The second-order valence-electron chi connectivity index (χ2n) is 5.30. The molecule has 0 spiro atoms. The number of thiazole rings is 1. The first-order valence-corrected chi connectivity index (χ1v) is 8.57. The lowest BCUT2D eigenvalue weighted by atomic mass is 10.3. The smallest absolute Gasteiger partial charge is 0.270 e. The number of hydrogen-bond donors (Lipinski definition) is 1. The van der Waals surface area contributed by atoms with E-state index in [-0.39, 0.29) is 12.1 Å². The molecule has 4 rings (SSSR count). The Bertz CT molecular complexity index is 1140. The highest BCUT2D eigenvalue weighted by molar-refractivity contribution is 7.13. The van der Waals surface area contributed by atoms with Crippen molar-refractivity contribution in [2.45, 2.75) is 6.54 Å². The zero-order valence-electron chi connectivity index (χ0n) is 13.4. The highest BCUT2D eigenvalue weighted by Crippen LogP contribution is 2.19. The van der Waals surface area contributed by atoms with Crippen molar-refractivity contribution >= 4 is 22.9 Å². The van der Waals surface area contributed by atoms with Crippen LogP contribution in [0.15, 0.2) is 59.2 Å². The van der Waals surface area contributed by atoms with Crippen molar-refractivity contribution in [2.24, 2.45) is 0 Å². The zero-order chi connectivity index (χ0) is 17.9. The number of aromatic nitrogens is 5. The topological polar surface area (TPSA) is 102 Å². The molecule has 4 heterocycles. The maximum Gasteiger partial charge on any atom is 0.270 e. The molecule has 0 aliphatic rings. The highest BCUT2D eigenvalue weighted by Gasteiger charge is 2.14. The molecule has 26 heavy (non-hydrogen) atoms. The fourth-order valence-electron chi connectivity index (χ4n) is 2.35. The van der Waals surface area contributed by atoms with Gasteiger partial charge in [-0.25, -0.2) is 19.9 Å². The van der Waals surface area contributed by atoms with Gasteiger partial charge in [0.25, 0.3) is 11.5 Å². The standard InChI is InChI=1S/C17H12N6O2S/c24-15(12-9-20-13-4-1-2-7-23(13)17(12)25)21-8-11-10-26-16(22-11)14-18-5-3-6-19-14/h1-7,9-10H,8H2,(H,21,24).